The molecular weight excluding hydrogens is 228 g/mol. The van der Waals surface area contributed by atoms with E-state index in [0.29, 0.717) is 0 Å². The molecule has 0 saturated heterocycles. The van der Waals surface area contributed by atoms with Gasteiger partial charge in [-0.2, -0.15) is 4.37 Å². The number of nitrogens with one attached hydrogen (secondary N) is 1. The molecule has 3 rings (SSSR count). The third-order valence-corrected chi connectivity index (χ3v) is 3.65. The van der Waals surface area contributed by atoms with Crippen LogP contribution in [0.4, 0.5) is 5.69 Å². The Labute approximate surface area is 104 Å². The highest BCUT2D eigenvalue weighted by atomic mass is 32.1. The highest BCUT2D eigenvalue weighted by Gasteiger charge is 2.07. The Morgan fingerprint density at radius 2 is 1.76 bits per heavy atom. The number of aromatic nitrogens is 1. The van der Waals surface area contributed by atoms with Crippen LogP contribution in [0.3, 0.4) is 0 Å². The van der Waals surface area contributed by atoms with Gasteiger partial charge in [-0.1, -0.05) is 30.3 Å². The maximum atomic E-state index is 4.54. The Morgan fingerprint density at radius 3 is 2.53 bits per heavy atom. The van der Waals surface area contributed by atoms with Crippen LogP contribution in [-0.2, 0) is 0 Å². The van der Waals surface area contributed by atoms with E-state index in [4.69, 9.17) is 0 Å². The van der Waals surface area contributed by atoms with Crippen molar-refractivity contribution in [3.05, 3.63) is 48.5 Å². The Balaban J connectivity index is 2.13. The van der Waals surface area contributed by atoms with Crippen LogP contribution in [0.15, 0.2) is 48.5 Å². The van der Waals surface area contributed by atoms with Gasteiger partial charge in [0.05, 0.1) is 10.4 Å². The van der Waals surface area contributed by atoms with Gasteiger partial charge in [0.25, 0.3) is 0 Å². The molecule has 1 N–H and O–H groups in total. The fraction of sp³-hybridized carbons (Fsp3) is 0.0714. The lowest BCUT2D eigenvalue weighted by atomic mass is 10.1. The minimum atomic E-state index is 1.08. The number of hydrogen-bond donors (Lipinski definition) is 1. The molecule has 3 aromatic rings. The molecule has 0 spiro atoms. The summed E-state index contributed by atoms with van der Waals surface area (Å²) in [7, 11) is 1.92. The van der Waals surface area contributed by atoms with E-state index in [0.717, 1.165) is 11.4 Å². The fourth-order valence-electron chi connectivity index (χ4n) is 1.89. The summed E-state index contributed by atoms with van der Waals surface area (Å²) in [5, 5.41) is 4.35. The van der Waals surface area contributed by atoms with Gasteiger partial charge < -0.3 is 5.32 Å². The third kappa shape index (κ3) is 1.78. The van der Waals surface area contributed by atoms with Gasteiger partial charge >= 0.3 is 0 Å². The first-order valence-corrected chi connectivity index (χ1v) is 6.28. The lowest BCUT2D eigenvalue weighted by molar-refractivity contribution is 1.49. The molecule has 0 atom stereocenters. The molecule has 0 aliphatic rings. The van der Waals surface area contributed by atoms with Gasteiger partial charge in [0.1, 0.15) is 0 Å². The van der Waals surface area contributed by atoms with E-state index in [2.05, 4.69) is 52.2 Å². The first-order valence-electron chi connectivity index (χ1n) is 5.51. The van der Waals surface area contributed by atoms with Crippen LogP contribution in [0, 0.1) is 0 Å². The zero-order valence-corrected chi connectivity index (χ0v) is 10.3. The minimum Gasteiger partial charge on any atom is -0.388 e. The van der Waals surface area contributed by atoms with Crippen LogP contribution < -0.4 is 5.32 Å². The van der Waals surface area contributed by atoms with Crippen molar-refractivity contribution in [2.75, 3.05) is 12.4 Å². The summed E-state index contributed by atoms with van der Waals surface area (Å²) in [6, 6.07) is 16.7. The normalized spacial score (nSPS) is 10.6. The maximum absolute atomic E-state index is 4.54. The monoisotopic (exact) mass is 240 g/mol. The molecule has 84 valence electrons. The van der Waals surface area contributed by atoms with Crippen LogP contribution in [0.2, 0.25) is 0 Å². The smallest absolute Gasteiger partial charge is 0.0919 e. The van der Waals surface area contributed by atoms with E-state index < -0.39 is 0 Å². The Kier molecular flexibility index (Phi) is 2.53. The third-order valence-electron chi connectivity index (χ3n) is 2.82. The standard InChI is InChI=1S/C14H12N2S/c1-15-11-8-6-10(7-9-11)14-12-4-2-3-5-13(12)17-16-14/h2-9,15H,1H3. The first-order chi connectivity index (χ1) is 8.38. The van der Waals surface area contributed by atoms with Gasteiger partial charge in [-0.25, -0.2) is 0 Å². The lowest BCUT2D eigenvalue weighted by Gasteiger charge is -2.01. The van der Waals surface area contributed by atoms with Crippen molar-refractivity contribution >= 4 is 27.3 Å². The molecule has 0 aliphatic heterocycles. The average Bonchev–Trinajstić information content (AvgIpc) is 2.83. The Hall–Kier alpha value is -1.87. The quantitative estimate of drug-likeness (QED) is 0.732. The summed E-state index contributed by atoms with van der Waals surface area (Å²) in [6.45, 7) is 0. The number of benzene rings is 2. The van der Waals surface area contributed by atoms with Crippen molar-refractivity contribution in [1.29, 1.82) is 0 Å². The van der Waals surface area contributed by atoms with Gasteiger partial charge in [-0.05, 0) is 29.7 Å². The first kappa shape index (κ1) is 10.3. The molecule has 17 heavy (non-hydrogen) atoms. The molecule has 3 heteroatoms. The van der Waals surface area contributed by atoms with Crippen LogP contribution in [-0.4, -0.2) is 11.4 Å². The van der Waals surface area contributed by atoms with Crippen molar-refractivity contribution in [3.8, 4) is 11.3 Å². The molecule has 1 aromatic heterocycles. The molecule has 0 amide bonds. The second-order valence-corrected chi connectivity index (χ2v) is 4.66. The lowest BCUT2D eigenvalue weighted by Crippen LogP contribution is -1.86. The van der Waals surface area contributed by atoms with E-state index in [1.807, 2.05) is 13.1 Å². The van der Waals surface area contributed by atoms with Crippen LogP contribution in [0.5, 0.6) is 0 Å². The van der Waals surface area contributed by atoms with E-state index in [9.17, 15) is 0 Å². The number of fused-ring (bicyclic) bond motifs is 1. The zero-order valence-electron chi connectivity index (χ0n) is 9.47. The molecule has 0 bridgehead atoms. The highest BCUT2D eigenvalue weighted by Crippen LogP contribution is 2.30. The highest BCUT2D eigenvalue weighted by molar-refractivity contribution is 7.13. The predicted molar refractivity (Wildman–Crippen MR) is 74.6 cm³/mol. The molecule has 0 saturated carbocycles. The van der Waals surface area contributed by atoms with Crippen molar-refractivity contribution in [3.63, 3.8) is 0 Å². The fourth-order valence-corrected chi connectivity index (χ4v) is 2.68. The molecule has 1 heterocycles. The van der Waals surface area contributed by atoms with Gasteiger partial charge in [-0.3, -0.25) is 0 Å². The van der Waals surface area contributed by atoms with E-state index >= 15 is 0 Å². The van der Waals surface area contributed by atoms with Gasteiger partial charge in [-0.15, -0.1) is 0 Å². The Bertz CT molecular complexity index is 641. The summed E-state index contributed by atoms with van der Waals surface area (Å²) in [5.41, 5.74) is 3.36. The van der Waals surface area contributed by atoms with Crippen molar-refractivity contribution in [2.45, 2.75) is 0 Å². The van der Waals surface area contributed by atoms with Crippen molar-refractivity contribution < 1.29 is 0 Å². The average molecular weight is 240 g/mol. The number of nitrogens with zero attached hydrogens (tertiary/aromatic N) is 1. The van der Waals surface area contributed by atoms with Crippen LogP contribution in [0.25, 0.3) is 21.3 Å². The molecular formula is C14H12N2S. The summed E-state index contributed by atoms with van der Waals surface area (Å²) < 4.78 is 5.78. The molecule has 2 aromatic carbocycles. The summed E-state index contributed by atoms with van der Waals surface area (Å²) in [6.07, 6.45) is 0. The topological polar surface area (TPSA) is 24.9 Å². The predicted octanol–water partition coefficient (Wildman–Crippen LogP) is 4.01. The largest absolute Gasteiger partial charge is 0.388 e. The summed E-state index contributed by atoms with van der Waals surface area (Å²) >= 11 is 1.55. The van der Waals surface area contributed by atoms with Crippen molar-refractivity contribution in [1.82, 2.24) is 4.37 Å². The van der Waals surface area contributed by atoms with Gasteiger partial charge in [0, 0.05) is 23.7 Å². The van der Waals surface area contributed by atoms with Crippen LogP contribution >= 0.6 is 11.5 Å². The second kappa shape index (κ2) is 4.18. The number of anilines is 1. The molecule has 0 aliphatic carbocycles. The molecule has 0 fully saturated rings. The number of hydrogen-bond acceptors (Lipinski definition) is 3. The zero-order chi connectivity index (χ0) is 11.7. The Morgan fingerprint density at radius 1 is 1.00 bits per heavy atom. The molecule has 0 radical (unpaired) electrons. The molecule has 2 nitrogen and oxygen atoms in total. The van der Waals surface area contributed by atoms with E-state index in [-0.39, 0.29) is 0 Å². The maximum Gasteiger partial charge on any atom is 0.0919 e. The van der Waals surface area contributed by atoms with Crippen LogP contribution in [0.1, 0.15) is 0 Å². The SMILES string of the molecule is CNc1ccc(-c2nsc3ccccc23)cc1. The van der Waals surface area contributed by atoms with Gasteiger partial charge in [0.2, 0.25) is 0 Å². The second-order valence-electron chi connectivity index (χ2n) is 3.85. The minimum absolute atomic E-state index is 1.08. The van der Waals surface area contributed by atoms with Crippen molar-refractivity contribution in [2.24, 2.45) is 0 Å². The summed E-state index contributed by atoms with van der Waals surface area (Å²) in [5.74, 6) is 0. The molecule has 0 unspecified atom stereocenters. The summed E-state index contributed by atoms with van der Waals surface area (Å²) in [4.78, 5) is 0. The number of rotatable bonds is 2. The van der Waals surface area contributed by atoms with Gasteiger partial charge in [0.15, 0.2) is 0 Å². The van der Waals surface area contributed by atoms with E-state index in [1.165, 1.54) is 15.6 Å². The van der Waals surface area contributed by atoms with E-state index in [1.54, 1.807) is 11.5 Å².